The molecular weight excluding hydrogens is 270 g/mol. The molecule has 0 aromatic carbocycles. The van der Waals surface area contributed by atoms with Gasteiger partial charge >= 0.3 is 12.0 Å². The van der Waals surface area contributed by atoms with Crippen molar-refractivity contribution >= 4 is 28.5 Å². The number of urea groups is 1. The van der Waals surface area contributed by atoms with Gasteiger partial charge in [0.2, 0.25) is 0 Å². The zero-order chi connectivity index (χ0) is 14.6. The molecule has 0 bridgehead atoms. The van der Waals surface area contributed by atoms with Crippen LogP contribution >= 0.6 is 11.3 Å². The minimum Gasteiger partial charge on any atom is -0.479 e. The first-order valence-electron chi connectivity index (χ1n) is 5.62. The second kappa shape index (κ2) is 5.98. The summed E-state index contributed by atoms with van der Waals surface area (Å²) in [5.74, 6) is -1.38. The van der Waals surface area contributed by atoms with E-state index in [-0.39, 0.29) is 12.0 Å². The molecule has 1 unspecified atom stereocenters. The Bertz CT molecular complexity index is 467. The van der Waals surface area contributed by atoms with Crippen molar-refractivity contribution in [3.63, 3.8) is 0 Å². The van der Waals surface area contributed by atoms with Gasteiger partial charge in [0.1, 0.15) is 0 Å². The van der Waals surface area contributed by atoms with Crippen LogP contribution < -0.4 is 10.6 Å². The lowest BCUT2D eigenvalue weighted by Crippen LogP contribution is -2.38. The molecule has 8 heteroatoms. The van der Waals surface area contributed by atoms with Gasteiger partial charge in [-0.15, -0.1) is 11.3 Å². The number of carbonyl (C=O) groups is 2. The highest BCUT2D eigenvalue weighted by atomic mass is 32.1. The number of hydrogen-bond donors (Lipinski definition) is 4. The molecule has 1 rings (SSSR count). The number of aliphatic hydroxyl groups is 1. The Hall–Kier alpha value is -1.67. The zero-order valence-electron chi connectivity index (χ0n) is 10.9. The van der Waals surface area contributed by atoms with E-state index in [1.807, 2.05) is 26.2 Å². The monoisotopic (exact) mass is 287 g/mol. The third kappa shape index (κ3) is 4.84. The Kier molecular flexibility index (Phi) is 4.84. The van der Waals surface area contributed by atoms with E-state index in [0.717, 1.165) is 5.69 Å². The fraction of sp³-hybridized carbons (Fsp3) is 0.545. The summed E-state index contributed by atoms with van der Waals surface area (Å²) in [6.45, 7) is 5.66. The summed E-state index contributed by atoms with van der Waals surface area (Å²) < 4.78 is 0. The van der Waals surface area contributed by atoms with Crippen LogP contribution in [0.15, 0.2) is 5.38 Å². The van der Waals surface area contributed by atoms with E-state index in [9.17, 15) is 9.59 Å². The Morgan fingerprint density at radius 2 is 2.11 bits per heavy atom. The Morgan fingerprint density at radius 3 is 2.58 bits per heavy atom. The van der Waals surface area contributed by atoms with Crippen molar-refractivity contribution in [3.05, 3.63) is 11.1 Å². The van der Waals surface area contributed by atoms with Gasteiger partial charge in [-0.1, -0.05) is 20.8 Å². The molecule has 1 heterocycles. The van der Waals surface area contributed by atoms with E-state index in [1.165, 1.54) is 11.3 Å². The molecule has 106 valence electrons. The molecule has 1 aromatic heterocycles. The molecule has 0 radical (unpaired) electrons. The predicted octanol–water partition coefficient (Wildman–Crippen LogP) is 1.01. The first-order chi connectivity index (χ1) is 8.70. The summed E-state index contributed by atoms with van der Waals surface area (Å²) in [6, 6.07) is -0.602. The average Bonchev–Trinajstić information content (AvgIpc) is 2.73. The molecule has 1 atom stereocenters. The van der Waals surface area contributed by atoms with Gasteiger partial charge in [0.05, 0.1) is 12.2 Å². The Balaban J connectivity index is 2.49. The normalized spacial score (nSPS) is 12.8. The van der Waals surface area contributed by atoms with E-state index in [4.69, 9.17) is 10.2 Å². The van der Waals surface area contributed by atoms with Crippen molar-refractivity contribution < 1.29 is 19.8 Å². The number of carboxylic acids is 1. The van der Waals surface area contributed by atoms with Gasteiger partial charge in [-0.05, 0) is 0 Å². The number of hydrogen-bond acceptors (Lipinski definition) is 5. The minimum atomic E-state index is -1.62. The van der Waals surface area contributed by atoms with Gasteiger partial charge in [0.25, 0.3) is 0 Å². The van der Waals surface area contributed by atoms with E-state index in [1.54, 1.807) is 0 Å². The highest BCUT2D eigenvalue weighted by Gasteiger charge is 2.18. The van der Waals surface area contributed by atoms with Crippen LogP contribution in [0.1, 0.15) is 26.5 Å². The minimum absolute atomic E-state index is 0.105. The fourth-order valence-electron chi connectivity index (χ4n) is 1.09. The Labute approximate surface area is 114 Å². The summed E-state index contributed by atoms with van der Waals surface area (Å²) in [4.78, 5) is 26.0. The van der Waals surface area contributed by atoms with Crippen LogP contribution in [-0.2, 0) is 10.2 Å². The van der Waals surface area contributed by atoms with Crippen molar-refractivity contribution in [2.75, 3.05) is 11.9 Å². The molecule has 4 N–H and O–H groups in total. The number of carbonyl (C=O) groups excluding carboxylic acids is 1. The maximum absolute atomic E-state index is 11.4. The number of anilines is 1. The third-order valence-corrected chi connectivity index (χ3v) is 2.99. The van der Waals surface area contributed by atoms with Gasteiger partial charge in [0, 0.05) is 10.8 Å². The maximum Gasteiger partial charge on any atom is 0.334 e. The summed E-state index contributed by atoms with van der Waals surface area (Å²) in [6.07, 6.45) is -1.62. The second-order valence-corrected chi connectivity index (χ2v) is 5.84. The van der Waals surface area contributed by atoms with Crippen LogP contribution in [-0.4, -0.2) is 39.8 Å². The number of amides is 2. The fourth-order valence-corrected chi connectivity index (χ4v) is 2.03. The van der Waals surface area contributed by atoms with E-state index < -0.39 is 18.1 Å². The molecule has 0 fully saturated rings. The van der Waals surface area contributed by atoms with Crippen LogP contribution in [0.2, 0.25) is 0 Å². The van der Waals surface area contributed by atoms with Gasteiger partial charge in [-0.3, -0.25) is 5.32 Å². The summed E-state index contributed by atoms with van der Waals surface area (Å²) >= 11 is 1.28. The highest BCUT2D eigenvalue weighted by molar-refractivity contribution is 7.13. The van der Waals surface area contributed by atoms with Crippen LogP contribution in [0, 0.1) is 0 Å². The van der Waals surface area contributed by atoms with Gasteiger partial charge in [-0.2, -0.15) is 0 Å². The molecule has 0 saturated heterocycles. The number of nitrogens with one attached hydrogen (secondary N) is 2. The highest BCUT2D eigenvalue weighted by Crippen LogP contribution is 2.26. The van der Waals surface area contributed by atoms with Gasteiger partial charge in [0.15, 0.2) is 11.2 Å². The quantitative estimate of drug-likeness (QED) is 0.660. The number of aliphatic carboxylic acids is 1. The average molecular weight is 287 g/mol. The largest absolute Gasteiger partial charge is 0.479 e. The number of carboxylic acid groups (broad SMARTS) is 1. The lowest BCUT2D eigenvalue weighted by Gasteiger charge is -2.14. The van der Waals surface area contributed by atoms with Gasteiger partial charge < -0.3 is 15.5 Å². The van der Waals surface area contributed by atoms with Crippen LogP contribution in [0.25, 0.3) is 0 Å². The predicted molar refractivity (Wildman–Crippen MR) is 71.5 cm³/mol. The number of rotatable bonds is 4. The lowest BCUT2D eigenvalue weighted by molar-refractivity contribution is -0.146. The second-order valence-electron chi connectivity index (χ2n) is 4.98. The first-order valence-corrected chi connectivity index (χ1v) is 6.50. The molecule has 0 aliphatic rings. The first kappa shape index (κ1) is 15.4. The molecular formula is C11H17N3O4S. The van der Waals surface area contributed by atoms with Crippen LogP contribution in [0.4, 0.5) is 9.93 Å². The summed E-state index contributed by atoms with van der Waals surface area (Å²) in [7, 11) is 0. The Morgan fingerprint density at radius 1 is 1.47 bits per heavy atom. The van der Waals surface area contributed by atoms with Crippen molar-refractivity contribution in [2.24, 2.45) is 0 Å². The topological polar surface area (TPSA) is 112 Å². The summed E-state index contributed by atoms with van der Waals surface area (Å²) in [5, 5.41) is 24.4. The SMILES string of the molecule is CC(C)(C)c1csc(NC(=O)NCC(O)C(=O)O)n1. The van der Waals surface area contributed by atoms with Crippen molar-refractivity contribution in [3.8, 4) is 0 Å². The number of nitrogens with zero attached hydrogens (tertiary/aromatic N) is 1. The van der Waals surface area contributed by atoms with E-state index in [2.05, 4.69) is 15.6 Å². The molecule has 0 aliphatic carbocycles. The zero-order valence-corrected chi connectivity index (χ0v) is 11.7. The molecule has 19 heavy (non-hydrogen) atoms. The molecule has 0 spiro atoms. The van der Waals surface area contributed by atoms with Crippen molar-refractivity contribution in [1.82, 2.24) is 10.3 Å². The van der Waals surface area contributed by atoms with Crippen molar-refractivity contribution in [1.29, 1.82) is 0 Å². The standard InChI is InChI=1S/C11H17N3O4S/c1-11(2,3)7-5-19-10(13-7)14-9(18)12-4-6(15)8(16)17/h5-6,15H,4H2,1-3H3,(H,16,17)(H2,12,13,14,18). The van der Waals surface area contributed by atoms with Crippen LogP contribution in [0.3, 0.4) is 0 Å². The van der Waals surface area contributed by atoms with Crippen molar-refractivity contribution in [2.45, 2.75) is 32.3 Å². The smallest absolute Gasteiger partial charge is 0.334 e. The molecule has 0 aliphatic heterocycles. The lowest BCUT2D eigenvalue weighted by atomic mass is 9.93. The van der Waals surface area contributed by atoms with E-state index >= 15 is 0 Å². The van der Waals surface area contributed by atoms with E-state index in [0.29, 0.717) is 5.13 Å². The third-order valence-electron chi connectivity index (χ3n) is 2.23. The molecule has 2 amide bonds. The van der Waals surface area contributed by atoms with Crippen LogP contribution in [0.5, 0.6) is 0 Å². The number of aliphatic hydroxyl groups excluding tert-OH is 1. The molecule has 1 aromatic rings. The number of thiazole rings is 1. The molecule has 0 saturated carbocycles. The number of aromatic nitrogens is 1. The van der Waals surface area contributed by atoms with Gasteiger partial charge in [-0.25, -0.2) is 14.6 Å². The maximum atomic E-state index is 11.4. The summed E-state index contributed by atoms with van der Waals surface area (Å²) in [5.41, 5.74) is 0.755. The molecule has 7 nitrogen and oxygen atoms in total.